The molecule has 1 fully saturated rings. The highest BCUT2D eigenvalue weighted by Gasteiger charge is 2.31. The lowest BCUT2D eigenvalue weighted by molar-refractivity contribution is -0.137. The third kappa shape index (κ3) is 6.02. The van der Waals surface area contributed by atoms with E-state index in [1.807, 2.05) is 25.1 Å². The number of alkyl halides is 3. The SMILES string of the molecule is CC(Nc1nc(NCCN(C)C)nc2cnc(N3CCCC3)cc12)c1cc(N)cc(C(F)(F)F)c1. The van der Waals surface area contributed by atoms with Crippen LogP contribution in [-0.2, 0) is 6.18 Å². The number of anilines is 4. The first-order valence-corrected chi connectivity index (χ1v) is 11.7. The molecular weight excluding hydrogens is 457 g/mol. The van der Waals surface area contributed by atoms with Crippen LogP contribution < -0.4 is 21.3 Å². The van der Waals surface area contributed by atoms with Crippen molar-refractivity contribution in [2.75, 3.05) is 61.5 Å². The Morgan fingerprint density at radius 1 is 1.11 bits per heavy atom. The van der Waals surface area contributed by atoms with Gasteiger partial charge in [-0.15, -0.1) is 0 Å². The van der Waals surface area contributed by atoms with E-state index < -0.39 is 17.8 Å². The van der Waals surface area contributed by atoms with Crippen LogP contribution in [-0.4, -0.2) is 60.1 Å². The zero-order chi connectivity index (χ0) is 25.2. The van der Waals surface area contributed by atoms with Crippen LogP contribution in [0.1, 0.15) is 36.9 Å². The van der Waals surface area contributed by atoms with Crippen molar-refractivity contribution in [3.8, 4) is 0 Å². The van der Waals surface area contributed by atoms with Crippen molar-refractivity contribution in [2.24, 2.45) is 0 Å². The average Bonchev–Trinajstić information content (AvgIpc) is 3.32. The van der Waals surface area contributed by atoms with Gasteiger partial charge in [0.25, 0.3) is 0 Å². The first-order valence-electron chi connectivity index (χ1n) is 11.7. The molecular formula is C24H31F3N8. The van der Waals surface area contributed by atoms with Gasteiger partial charge in [0.1, 0.15) is 11.6 Å². The van der Waals surface area contributed by atoms with Crippen molar-refractivity contribution in [3.05, 3.63) is 41.6 Å². The predicted molar refractivity (Wildman–Crippen MR) is 134 cm³/mol. The summed E-state index contributed by atoms with van der Waals surface area (Å²) in [5.74, 6) is 1.79. The van der Waals surface area contributed by atoms with Crippen molar-refractivity contribution < 1.29 is 13.2 Å². The van der Waals surface area contributed by atoms with Crippen LogP contribution in [0.2, 0.25) is 0 Å². The standard InChI is InChI=1S/C24H31F3N8/c1-15(16-10-17(24(25,26)27)12-18(28)11-16)31-22-19-13-21(35-7-4-5-8-35)30-14-20(19)32-23(33-22)29-6-9-34(2)3/h10-15H,4-9,28H2,1-3H3,(H2,29,31,32,33). The van der Waals surface area contributed by atoms with E-state index in [4.69, 9.17) is 5.73 Å². The molecule has 188 valence electrons. The van der Waals surface area contributed by atoms with E-state index in [1.54, 1.807) is 19.2 Å². The molecule has 3 heterocycles. The quantitative estimate of drug-likeness (QED) is 0.403. The number of likely N-dealkylation sites (N-methyl/N-ethyl adjacent to an activating group) is 1. The number of nitrogens with one attached hydrogen (secondary N) is 2. The number of halogens is 3. The molecule has 0 spiro atoms. The molecule has 1 aromatic carbocycles. The van der Waals surface area contributed by atoms with Crippen LogP contribution in [0.5, 0.6) is 0 Å². The van der Waals surface area contributed by atoms with Gasteiger partial charge in [-0.25, -0.2) is 9.97 Å². The van der Waals surface area contributed by atoms with Gasteiger partial charge >= 0.3 is 6.18 Å². The Kier molecular flexibility index (Phi) is 7.15. The molecule has 35 heavy (non-hydrogen) atoms. The molecule has 1 unspecified atom stereocenters. The second-order valence-electron chi connectivity index (χ2n) is 9.13. The molecule has 4 rings (SSSR count). The Bertz CT molecular complexity index is 1180. The number of nitrogens with two attached hydrogens (primary N) is 1. The first-order chi connectivity index (χ1) is 16.6. The van der Waals surface area contributed by atoms with Gasteiger partial charge in [-0.3, -0.25) is 0 Å². The van der Waals surface area contributed by atoms with Gasteiger partial charge in [-0.2, -0.15) is 18.2 Å². The monoisotopic (exact) mass is 488 g/mol. The number of nitrogen functional groups attached to an aromatic ring is 1. The smallest absolute Gasteiger partial charge is 0.399 e. The van der Waals surface area contributed by atoms with Crippen LogP contribution in [0.3, 0.4) is 0 Å². The normalized spacial score (nSPS) is 15.1. The summed E-state index contributed by atoms with van der Waals surface area (Å²) in [4.78, 5) is 18.1. The lowest BCUT2D eigenvalue weighted by Gasteiger charge is -2.21. The fourth-order valence-corrected chi connectivity index (χ4v) is 4.10. The highest BCUT2D eigenvalue weighted by atomic mass is 19.4. The molecule has 0 radical (unpaired) electrons. The zero-order valence-electron chi connectivity index (χ0n) is 20.2. The average molecular weight is 489 g/mol. The van der Waals surface area contributed by atoms with Gasteiger partial charge in [-0.05, 0) is 63.7 Å². The maximum Gasteiger partial charge on any atom is 0.416 e. The summed E-state index contributed by atoms with van der Waals surface area (Å²) >= 11 is 0. The molecule has 1 saturated heterocycles. The molecule has 0 aliphatic carbocycles. The predicted octanol–water partition coefficient (Wildman–Crippen LogP) is 4.37. The Balaban J connectivity index is 1.70. The first kappa shape index (κ1) is 24.8. The Morgan fingerprint density at radius 2 is 1.86 bits per heavy atom. The second-order valence-corrected chi connectivity index (χ2v) is 9.13. The second kappa shape index (κ2) is 10.1. The number of benzene rings is 1. The number of fused-ring (bicyclic) bond motifs is 1. The third-order valence-electron chi connectivity index (χ3n) is 6.00. The third-order valence-corrected chi connectivity index (χ3v) is 6.00. The summed E-state index contributed by atoms with van der Waals surface area (Å²) < 4.78 is 40.0. The highest BCUT2D eigenvalue weighted by Crippen LogP contribution is 2.34. The molecule has 2 aromatic heterocycles. The topological polar surface area (TPSA) is 95.2 Å². The summed E-state index contributed by atoms with van der Waals surface area (Å²) in [6.45, 7) is 5.08. The van der Waals surface area contributed by atoms with Crippen molar-refractivity contribution in [1.29, 1.82) is 0 Å². The minimum Gasteiger partial charge on any atom is -0.399 e. The van der Waals surface area contributed by atoms with E-state index in [0.717, 1.165) is 55.8 Å². The summed E-state index contributed by atoms with van der Waals surface area (Å²) in [7, 11) is 3.95. The van der Waals surface area contributed by atoms with E-state index in [2.05, 4.69) is 30.5 Å². The highest BCUT2D eigenvalue weighted by molar-refractivity contribution is 5.91. The Morgan fingerprint density at radius 3 is 2.54 bits per heavy atom. The maximum atomic E-state index is 13.3. The summed E-state index contributed by atoms with van der Waals surface area (Å²) in [6, 6.07) is 5.06. The molecule has 11 heteroatoms. The molecule has 8 nitrogen and oxygen atoms in total. The molecule has 1 aliphatic rings. The molecule has 1 atom stereocenters. The molecule has 0 bridgehead atoms. The van der Waals surface area contributed by atoms with Gasteiger partial charge < -0.3 is 26.2 Å². The maximum absolute atomic E-state index is 13.3. The minimum atomic E-state index is -4.48. The fraction of sp³-hybridized carbons (Fsp3) is 0.458. The molecule has 4 N–H and O–H groups in total. The van der Waals surface area contributed by atoms with Gasteiger partial charge in [0.05, 0.1) is 23.3 Å². The van der Waals surface area contributed by atoms with Gasteiger partial charge in [-0.1, -0.05) is 0 Å². The minimum absolute atomic E-state index is 0.0579. The number of hydrogen-bond acceptors (Lipinski definition) is 8. The molecule has 0 saturated carbocycles. The van der Waals surface area contributed by atoms with Gasteiger partial charge in [0.15, 0.2) is 0 Å². The Labute approximate surface area is 202 Å². The van der Waals surface area contributed by atoms with Gasteiger partial charge in [0.2, 0.25) is 5.95 Å². The van der Waals surface area contributed by atoms with Crippen LogP contribution >= 0.6 is 0 Å². The van der Waals surface area contributed by atoms with Crippen molar-refractivity contribution >= 4 is 34.2 Å². The van der Waals surface area contributed by atoms with E-state index in [1.165, 1.54) is 0 Å². The van der Waals surface area contributed by atoms with Crippen molar-refractivity contribution in [3.63, 3.8) is 0 Å². The van der Waals surface area contributed by atoms with E-state index in [-0.39, 0.29) is 5.69 Å². The van der Waals surface area contributed by atoms with Crippen molar-refractivity contribution in [2.45, 2.75) is 32.0 Å². The molecule has 3 aromatic rings. The molecule has 0 amide bonds. The Hall–Kier alpha value is -3.34. The number of aromatic nitrogens is 3. The van der Waals surface area contributed by atoms with E-state index >= 15 is 0 Å². The van der Waals surface area contributed by atoms with E-state index in [9.17, 15) is 13.2 Å². The number of nitrogens with zero attached hydrogens (tertiary/aromatic N) is 5. The van der Waals surface area contributed by atoms with Crippen LogP contribution in [0.25, 0.3) is 10.9 Å². The van der Waals surface area contributed by atoms with Gasteiger partial charge in [0, 0.05) is 37.3 Å². The number of hydrogen-bond donors (Lipinski definition) is 3. The summed E-state index contributed by atoms with van der Waals surface area (Å²) in [5.41, 5.74) is 6.13. The summed E-state index contributed by atoms with van der Waals surface area (Å²) in [6.07, 6.45) is -0.528. The van der Waals surface area contributed by atoms with Crippen LogP contribution in [0, 0.1) is 0 Å². The lowest BCUT2D eigenvalue weighted by atomic mass is 10.0. The van der Waals surface area contributed by atoms with Crippen LogP contribution in [0.4, 0.5) is 36.4 Å². The lowest BCUT2D eigenvalue weighted by Crippen LogP contribution is -2.22. The molecule has 1 aliphatic heterocycles. The van der Waals surface area contributed by atoms with Crippen molar-refractivity contribution in [1.82, 2.24) is 19.9 Å². The number of pyridine rings is 1. The fourth-order valence-electron chi connectivity index (χ4n) is 4.10. The zero-order valence-corrected chi connectivity index (χ0v) is 20.2. The largest absolute Gasteiger partial charge is 0.416 e. The summed E-state index contributed by atoms with van der Waals surface area (Å²) in [5, 5.41) is 7.27. The van der Waals surface area contributed by atoms with E-state index in [0.29, 0.717) is 29.4 Å². The van der Waals surface area contributed by atoms with Crippen LogP contribution in [0.15, 0.2) is 30.5 Å². The number of rotatable bonds is 8.